The maximum Gasteiger partial charge on any atom is 0.329 e. The largest absolute Gasteiger partial charge is 0.355 e. The molecular weight excluding hydrogens is 328 g/mol. The fourth-order valence-electron chi connectivity index (χ4n) is 2.58. The van der Waals surface area contributed by atoms with E-state index < -0.39 is 12.1 Å². The number of urea groups is 1. The zero-order chi connectivity index (χ0) is 17.3. The second kappa shape index (κ2) is 6.40. The van der Waals surface area contributed by atoms with Crippen LogP contribution in [0.2, 0.25) is 0 Å². The van der Waals surface area contributed by atoms with Crippen LogP contribution in [-0.4, -0.2) is 35.9 Å². The summed E-state index contributed by atoms with van der Waals surface area (Å²) < 4.78 is 0. The number of nitrogens with one attached hydrogen (secondary N) is 2. The minimum atomic E-state index is -0.624. The van der Waals surface area contributed by atoms with E-state index in [2.05, 4.69) is 15.6 Å². The summed E-state index contributed by atoms with van der Waals surface area (Å²) in [7, 11) is 1.53. The van der Waals surface area contributed by atoms with Gasteiger partial charge in [-0.2, -0.15) is 0 Å². The van der Waals surface area contributed by atoms with Crippen molar-refractivity contribution in [1.29, 1.82) is 0 Å². The molecule has 2 aromatic rings. The van der Waals surface area contributed by atoms with Crippen LogP contribution in [0.25, 0.3) is 0 Å². The number of carbonyl (C=O) groups excluding carboxylic acids is 3. The van der Waals surface area contributed by atoms with Crippen molar-refractivity contribution in [2.75, 3.05) is 11.9 Å². The minimum absolute atomic E-state index is 0.274. The van der Waals surface area contributed by atoms with Crippen molar-refractivity contribution in [2.45, 2.75) is 19.4 Å². The Bertz CT molecular complexity index is 804. The molecule has 0 saturated carbocycles. The first-order valence-corrected chi connectivity index (χ1v) is 8.23. The highest BCUT2D eigenvalue weighted by molar-refractivity contribution is 7.09. The van der Waals surface area contributed by atoms with Gasteiger partial charge in [0.2, 0.25) is 0 Å². The number of thiazole rings is 1. The third-order valence-corrected chi connectivity index (χ3v) is 4.65. The number of nitrogens with zero attached hydrogens (tertiary/aromatic N) is 2. The van der Waals surface area contributed by atoms with Gasteiger partial charge < -0.3 is 10.6 Å². The van der Waals surface area contributed by atoms with Gasteiger partial charge in [-0.15, -0.1) is 11.3 Å². The first-order chi connectivity index (χ1) is 11.5. The topological polar surface area (TPSA) is 91.4 Å². The molecular formula is C16H16N4O3S. The first kappa shape index (κ1) is 16.1. The molecule has 0 radical (unpaired) electrons. The number of benzene rings is 1. The summed E-state index contributed by atoms with van der Waals surface area (Å²) in [4.78, 5) is 42.8. The zero-order valence-corrected chi connectivity index (χ0v) is 14.0. The molecule has 1 saturated heterocycles. The van der Waals surface area contributed by atoms with Gasteiger partial charge in [0.1, 0.15) is 6.04 Å². The van der Waals surface area contributed by atoms with Gasteiger partial charge in [0, 0.05) is 30.1 Å². The molecule has 1 aromatic carbocycles. The smallest absolute Gasteiger partial charge is 0.329 e. The molecule has 1 fully saturated rings. The molecule has 2 heterocycles. The maximum absolute atomic E-state index is 12.7. The number of anilines is 1. The normalized spacial score (nSPS) is 17.1. The second-order valence-electron chi connectivity index (χ2n) is 5.43. The zero-order valence-electron chi connectivity index (χ0n) is 13.2. The van der Waals surface area contributed by atoms with Crippen LogP contribution in [0.3, 0.4) is 0 Å². The minimum Gasteiger partial charge on any atom is -0.355 e. The average molecular weight is 344 g/mol. The highest BCUT2D eigenvalue weighted by Gasteiger charge is 2.39. The Balaban J connectivity index is 1.90. The molecule has 0 spiro atoms. The van der Waals surface area contributed by atoms with Gasteiger partial charge in [-0.1, -0.05) is 6.07 Å². The fourth-order valence-corrected chi connectivity index (χ4v) is 3.22. The number of aryl methyl sites for hydroxylation is 1. The summed E-state index contributed by atoms with van der Waals surface area (Å²) in [6.45, 7) is 1.79. The van der Waals surface area contributed by atoms with E-state index >= 15 is 0 Å². The van der Waals surface area contributed by atoms with E-state index in [1.165, 1.54) is 18.4 Å². The van der Waals surface area contributed by atoms with Crippen LogP contribution >= 0.6 is 11.3 Å². The molecule has 4 amide bonds. The number of aromatic nitrogens is 1. The Morgan fingerprint density at radius 2 is 2.21 bits per heavy atom. The van der Waals surface area contributed by atoms with Crippen LogP contribution in [0, 0.1) is 6.92 Å². The van der Waals surface area contributed by atoms with Gasteiger partial charge in [0.15, 0.2) is 0 Å². The van der Waals surface area contributed by atoms with E-state index in [4.69, 9.17) is 0 Å². The number of rotatable bonds is 4. The Morgan fingerprint density at radius 1 is 1.42 bits per heavy atom. The molecule has 1 aromatic heterocycles. The van der Waals surface area contributed by atoms with Crippen molar-refractivity contribution in [3.63, 3.8) is 0 Å². The van der Waals surface area contributed by atoms with Crippen molar-refractivity contribution in [3.05, 3.63) is 45.9 Å². The molecule has 1 aliphatic heterocycles. The van der Waals surface area contributed by atoms with Crippen LogP contribution in [-0.2, 0) is 11.2 Å². The molecule has 1 atom stereocenters. The van der Waals surface area contributed by atoms with Crippen LogP contribution in [0.15, 0.2) is 29.9 Å². The fraction of sp³-hybridized carbons (Fsp3) is 0.250. The Morgan fingerprint density at radius 3 is 2.88 bits per heavy atom. The highest BCUT2D eigenvalue weighted by Crippen LogP contribution is 2.26. The van der Waals surface area contributed by atoms with Gasteiger partial charge in [0.05, 0.1) is 11.2 Å². The lowest BCUT2D eigenvalue weighted by atomic mass is 10.1. The third-order valence-electron chi connectivity index (χ3n) is 3.85. The predicted molar refractivity (Wildman–Crippen MR) is 90.2 cm³/mol. The molecule has 7 nitrogen and oxygen atoms in total. The van der Waals surface area contributed by atoms with E-state index in [9.17, 15) is 14.4 Å². The summed E-state index contributed by atoms with van der Waals surface area (Å²) >= 11 is 1.44. The Labute approximate surface area is 142 Å². The van der Waals surface area contributed by atoms with Crippen molar-refractivity contribution >= 4 is 34.9 Å². The summed E-state index contributed by atoms with van der Waals surface area (Å²) in [6, 6.07) is 3.83. The summed E-state index contributed by atoms with van der Waals surface area (Å²) in [6.07, 6.45) is 2.09. The van der Waals surface area contributed by atoms with E-state index in [0.717, 1.165) is 15.3 Å². The monoisotopic (exact) mass is 344 g/mol. The van der Waals surface area contributed by atoms with E-state index in [1.54, 1.807) is 36.8 Å². The molecule has 24 heavy (non-hydrogen) atoms. The van der Waals surface area contributed by atoms with Crippen molar-refractivity contribution < 1.29 is 14.4 Å². The van der Waals surface area contributed by atoms with Crippen LogP contribution < -0.4 is 15.5 Å². The highest BCUT2D eigenvalue weighted by atomic mass is 32.1. The molecule has 1 unspecified atom stereocenters. The van der Waals surface area contributed by atoms with Gasteiger partial charge in [0.25, 0.3) is 11.8 Å². The quantitative estimate of drug-likeness (QED) is 0.822. The predicted octanol–water partition coefficient (Wildman–Crippen LogP) is 1.48. The van der Waals surface area contributed by atoms with E-state index in [-0.39, 0.29) is 11.8 Å². The molecule has 2 N–H and O–H groups in total. The van der Waals surface area contributed by atoms with Gasteiger partial charge in [-0.05, 0) is 24.6 Å². The lowest BCUT2D eigenvalue weighted by Gasteiger charge is -2.16. The van der Waals surface area contributed by atoms with Crippen LogP contribution in [0.5, 0.6) is 0 Å². The molecule has 0 aliphatic carbocycles. The van der Waals surface area contributed by atoms with Crippen molar-refractivity contribution in [2.24, 2.45) is 0 Å². The second-order valence-corrected chi connectivity index (χ2v) is 6.40. The first-order valence-electron chi connectivity index (χ1n) is 7.36. The molecule has 124 valence electrons. The summed E-state index contributed by atoms with van der Waals surface area (Å²) in [5.41, 5.74) is 3.24. The number of carbonyl (C=O) groups is 3. The van der Waals surface area contributed by atoms with E-state index in [0.29, 0.717) is 17.7 Å². The molecule has 1 aliphatic rings. The number of hydrogen-bond acceptors (Lipinski definition) is 5. The maximum atomic E-state index is 12.7. The van der Waals surface area contributed by atoms with Gasteiger partial charge in [-0.25, -0.2) is 9.69 Å². The Hall–Kier alpha value is -2.74. The van der Waals surface area contributed by atoms with Crippen molar-refractivity contribution in [3.8, 4) is 0 Å². The van der Waals surface area contributed by atoms with Gasteiger partial charge in [-0.3, -0.25) is 14.6 Å². The standard InChI is InChI=1S/C16H16N4O3S/c1-9-3-4-10(14(21)17-2)5-13(9)20-15(22)12(19-16(20)23)6-11-7-18-8-24-11/h3-5,7-8,12H,6H2,1-2H3,(H,17,21)(H,19,23). The lowest BCUT2D eigenvalue weighted by Crippen LogP contribution is -2.33. The van der Waals surface area contributed by atoms with Crippen LogP contribution in [0.1, 0.15) is 20.8 Å². The lowest BCUT2D eigenvalue weighted by molar-refractivity contribution is -0.118. The van der Waals surface area contributed by atoms with Gasteiger partial charge >= 0.3 is 6.03 Å². The average Bonchev–Trinajstić information content (AvgIpc) is 3.17. The number of hydrogen-bond donors (Lipinski definition) is 2. The van der Waals surface area contributed by atoms with Crippen LogP contribution in [0.4, 0.5) is 10.5 Å². The number of amides is 4. The Kier molecular flexibility index (Phi) is 4.30. The molecule has 8 heteroatoms. The van der Waals surface area contributed by atoms with E-state index in [1.807, 2.05) is 0 Å². The number of imide groups is 1. The summed E-state index contributed by atoms with van der Waals surface area (Å²) in [5, 5.41) is 5.23. The molecule has 3 rings (SSSR count). The molecule has 0 bridgehead atoms. The summed E-state index contributed by atoms with van der Waals surface area (Å²) in [5.74, 6) is -0.602. The SMILES string of the molecule is CNC(=O)c1ccc(C)c(N2C(=O)NC(Cc3cncs3)C2=O)c1. The third kappa shape index (κ3) is 2.88. The van der Waals surface area contributed by atoms with Crippen molar-refractivity contribution in [1.82, 2.24) is 15.6 Å².